The zero-order valence-electron chi connectivity index (χ0n) is 20.5. The minimum atomic E-state index is -0.186. The van der Waals surface area contributed by atoms with Gasteiger partial charge in [-0.25, -0.2) is 4.98 Å². The van der Waals surface area contributed by atoms with E-state index in [1.54, 1.807) is 24.4 Å². The molecule has 7 nitrogen and oxygen atoms in total. The Kier molecular flexibility index (Phi) is 5.86. The van der Waals surface area contributed by atoms with E-state index >= 15 is 0 Å². The van der Waals surface area contributed by atoms with Crippen LogP contribution in [0.3, 0.4) is 0 Å². The van der Waals surface area contributed by atoms with Crippen LogP contribution in [-0.2, 0) is 7.05 Å². The summed E-state index contributed by atoms with van der Waals surface area (Å²) < 4.78 is 2.17. The van der Waals surface area contributed by atoms with Crippen LogP contribution < -0.4 is 5.32 Å². The van der Waals surface area contributed by atoms with Crippen LogP contribution in [0, 0.1) is 6.92 Å². The van der Waals surface area contributed by atoms with Gasteiger partial charge >= 0.3 is 0 Å². The van der Waals surface area contributed by atoms with Gasteiger partial charge in [0.05, 0.1) is 16.9 Å². The first-order chi connectivity index (χ1) is 16.8. The van der Waals surface area contributed by atoms with Crippen LogP contribution in [-0.4, -0.2) is 57.6 Å². The summed E-state index contributed by atoms with van der Waals surface area (Å²) in [6.07, 6.45) is 2.67. The van der Waals surface area contributed by atoms with Crippen molar-refractivity contribution in [2.45, 2.75) is 13.3 Å². The molecule has 0 spiro atoms. The molecule has 0 aliphatic carbocycles. The van der Waals surface area contributed by atoms with Gasteiger partial charge in [-0.2, -0.15) is 0 Å². The SMILES string of the molecule is Cc1c2ccnc(-c3cccc(C(=O)NCCCN(C)C)n3)c2cc2c3cc(O)ccc3n(C)c12. The van der Waals surface area contributed by atoms with Gasteiger partial charge in [-0.15, -0.1) is 0 Å². The molecule has 7 heteroatoms. The zero-order valence-corrected chi connectivity index (χ0v) is 20.5. The first kappa shape index (κ1) is 22.8. The normalized spacial score (nSPS) is 11.7. The lowest BCUT2D eigenvalue weighted by Gasteiger charge is -2.12. The van der Waals surface area contributed by atoms with Crippen molar-refractivity contribution in [3.05, 3.63) is 66.0 Å². The predicted octanol–water partition coefficient (Wildman–Crippen LogP) is 4.64. The van der Waals surface area contributed by atoms with Crippen molar-refractivity contribution in [2.75, 3.05) is 27.2 Å². The van der Waals surface area contributed by atoms with Gasteiger partial charge in [-0.1, -0.05) is 6.07 Å². The number of aromatic hydroxyl groups is 1. The fourth-order valence-electron chi connectivity index (χ4n) is 4.86. The van der Waals surface area contributed by atoms with Crippen LogP contribution in [0.4, 0.5) is 0 Å². The summed E-state index contributed by atoms with van der Waals surface area (Å²) >= 11 is 0. The van der Waals surface area contributed by atoms with E-state index in [9.17, 15) is 9.90 Å². The third-order valence-corrected chi connectivity index (χ3v) is 6.55. The largest absolute Gasteiger partial charge is 0.508 e. The van der Waals surface area contributed by atoms with E-state index in [2.05, 4.69) is 37.7 Å². The maximum absolute atomic E-state index is 12.7. The highest BCUT2D eigenvalue weighted by Gasteiger charge is 2.17. The van der Waals surface area contributed by atoms with Crippen LogP contribution in [0.5, 0.6) is 5.75 Å². The minimum Gasteiger partial charge on any atom is -0.508 e. The number of aromatic nitrogens is 3. The van der Waals surface area contributed by atoms with E-state index < -0.39 is 0 Å². The number of aryl methyl sites for hydroxylation is 2. The molecule has 3 aromatic heterocycles. The third-order valence-electron chi connectivity index (χ3n) is 6.55. The van der Waals surface area contributed by atoms with Crippen LogP contribution in [0.2, 0.25) is 0 Å². The molecule has 0 radical (unpaired) electrons. The molecule has 0 atom stereocenters. The van der Waals surface area contributed by atoms with E-state index in [4.69, 9.17) is 0 Å². The summed E-state index contributed by atoms with van der Waals surface area (Å²) in [5.74, 6) is 0.0501. The highest BCUT2D eigenvalue weighted by atomic mass is 16.3. The number of rotatable bonds is 6. The van der Waals surface area contributed by atoms with Gasteiger partial charge in [-0.05, 0) is 87.4 Å². The number of hydrogen-bond acceptors (Lipinski definition) is 5. The average molecular weight is 468 g/mol. The van der Waals surface area contributed by atoms with Crippen LogP contribution in [0.15, 0.2) is 54.7 Å². The maximum Gasteiger partial charge on any atom is 0.269 e. The summed E-state index contributed by atoms with van der Waals surface area (Å²) in [6, 6.07) is 15.1. The molecule has 0 aliphatic rings. The number of amides is 1. The van der Waals surface area contributed by atoms with Crippen molar-refractivity contribution in [3.63, 3.8) is 0 Å². The molecule has 2 N–H and O–H groups in total. The molecule has 35 heavy (non-hydrogen) atoms. The lowest BCUT2D eigenvalue weighted by molar-refractivity contribution is 0.0947. The van der Waals surface area contributed by atoms with Crippen molar-refractivity contribution >= 4 is 38.5 Å². The summed E-state index contributed by atoms with van der Waals surface area (Å²) in [5.41, 5.74) is 5.06. The summed E-state index contributed by atoms with van der Waals surface area (Å²) in [4.78, 5) is 24.1. The van der Waals surface area contributed by atoms with Crippen LogP contribution in [0.25, 0.3) is 44.0 Å². The van der Waals surface area contributed by atoms with Crippen molar-refractivity contribution in [1.29, 1.82) is 0 Å². The molecule has 0 bridgehead atoms. The number of carbonyl (C=O) groups is 1. The number of nitrogens with zero attached hydrogens (tertiary/aromatic N) is 4. The van der Waals surface area contributed by atoms with Crippen molar-refractivity contribution in [2.24, 2.45) is 7.05 Å². The monoisotopic (exact) mass is 467 g/mol. The molecule has 0 fully saturated rings. The van der Waals surface area contributed by atoms with E-state index in [1.165, 1.54) is 0 Å². The van der Waals surface area contributed by atoms with Gasteiger partial charge < -0.3 is 19.9 Å². The number of phenolic OH excluding ortho intramolecular Hbond substituents is 1. The molecule has 5 aromatic rings. The highest BCUT2D eigenvalue weighted by Crippen LogP contribution is 2.38. The van der Waals surface area contributed by atoms with Gasteiger partial charge in [0.25, 0.3) is 5.91 Å². The fourth-order valence-corrected chi connectivity index (χ4v) is 4.86. The Labute approximate surface area is 204 Å². The number of pyridine rings is 2. The number of hydrogen-bond donors (Lipinski definition) is 2. The molecular formula is C28H29N5O2. The van der Waals surface area contributed by atoms with E-state index in [-0.39, 0.29) is 11.7 Å². The molecule has 0 aliphatic heterocycles. The Morgan fingerprint density at radius 1 is 1.06 bits per heavy atom. The van der Waals surface area contributed by atoms with Crippen molar-refractivity contribution in [3.8, 4) is 17.1 Å². The summed E-state index contributed by atoms with van der Waals surface area (Å²) in [6.45, 7) is 3.62. The van der Waals surface area contributed by atoms with Gasteiger partial charge in [0, 0.05) is 41.5 Å². The van der Waals surface area contributed by atoms with Crippen LogP contribution >= 0.6 is 0 Å². The smallest absolute Gasteiger partial charge is 0.269 e. The predicted molar refractivity (Wildman–Crippen MR) is 141 cm³/mol. The maximum atomic E-state index is 12.7. The zero-order chi connectivity index (χ0) is 24.7. The van der Waals surface area contributed by atoms with Crippen molar-refractivity contribution in [1.82, 2.24) is 24.8 Å². The molecule has 1 amide bonds. The summed E-state index contributed by atoms with van der Waals surface area (Å²) in [5, 5.41) is 17.2. The van der Waals surface area contributed by atoms with Gasteiger partial charge in [0.15, 0.2) is 0 Å². The van der Waals surface area contributed by atoms with E-state index in [1.807, 2.05) is 45.4 Å². The molecule has 2 aromatic carbocycles. The number of carbonyl (C=O) groups excluding carboxylic acids is 1. The van der Waals surface area contributed by atoms with Crippen molar-refractivity contribution < 1.29 is 9.90 Å². The average Bonchev–Trinajstić information content (AvgIpc) is 3.12. The Balaban J connectivity index is 1.61. The topological polar surface area (TPSA) is 83.3 Å². The van der Waals surface area contributed by atoms with Gasteiger partial charge in [0.2, 0.25) is 0 Å². The van der Waals surface area contributed by atoms with E-state index in [0.717, 1.165) is 56.8 Å². The lowest BCUT2D eigenvalue weighted by Crippen LogP contribution is -2.27. The molecular weight excluding hydrogens is 438 g/mol. The highest BCUT2D eigenvalue weighted by molar-refractivity contribution is 6.16. The quantitative estimate of drug-likeness (QED) is 0.356. The Morgan fingerprint density at radius 2 is 1.89 bits per heavy atom. The molecule has 3 heterocycles. The number of nitrogens with one attached hydrogen (secondary N) is 1. The van der Waals surface area contributed by atoms with E-state index in [0.29, 0.717) is 17.9 Å². The first-order valence-corrected chi connectivity index (χ1v) is 11.7. The number of benzene rings is 2. The second-order valence-corrected chi connectivity index (χ2v) is 9.23. The number of fused-ring (bicyclic) bond motifs is 4. The summed E-state index contributed by atoms with van der Waals surface area (Å²) in [7, 11) is 6.08. The second kappa shape index (κ2) is 9.00. The third kappa shape index (κ3) is 4.08. The molecule has 5 rings (SSSR count). The molecule has 178 valence electrons. The fraction of sp³-hybridized carbons (Fsp3) is 0.250. The first-order valence-electron chi connectivity index (χ1n) is 11.7. The Hall–Kier alpha value is -3.97. The lowest BCUT2D eigenvalue weighted by atomic mass is 9.99. The van der Waals surface area contributed by atoms with Gasteiger partial charge in [-0.3, -0.25) is 9.78 Å². The molecule has 0 saturated heterocycles. The van der Waals surface area contributed by atoms with Gasteiger partial charge in [0.1, 0.15) is 11.4 Å². The standard InChI is InChI=1S/C28H29N5O2/c1-17-19-11-13-29-26(23-7-5-8-24(31-23)28(35)30-12-6-14-32(2)3)21(19)16-22-20-15-18(34)9-10-25(20)33(4)27(17)22/h5,7-11,13,15-16,34H,6,12,14H2,1-4H3,(H,30,35). The Morgan fingerprint density at radius 3 is 2.69 bits per heavy atom. The molecule has 0 unspecified atom stereocenters. The number of phenols is 1. The Bertz CT molecular complexity index is 1590. The second-order valence-electron chi connectivity index (χ2n) is 9.23. The van der Waals surface area contributed by atoms with Crippen LogP contribution in [0.1, 0.15) is 22.5 Å². The minimum absolute atomic E-state index is 0.186. The molecule has 0 saturated carbocycles.